The highest BCUT2D eigenvalue weighted by Gasteiger charge is 2.18. The molecule has 0 radical (unpaired) electrons. The lowest BCUT2D eigenvalue weighted by Crippen LogP contribution is -2.42. The van der Waals surface area contributed by atoms with E-state index < -0.39 is 0 Å². The van der Waals surface area contributed by atoms with Gasteiger partial charge in [-0.2, -0.15) is 5.10 Å². The number of para-hydroxylation sites is 1. The van der Waals surface area contributed by atoms with Crippen molar-refractivity contribution in [3.63, 3.8) is 0 Å². The number of benzene rings is 2. The van der Waals surface area contributed by atoms with Crippen LogP contribution >= 0.6 is 0 Å². The first-order chi connectivity index (χ1) is 15.6. The van der Waals surface area contributed by atoms with E-state index in [2.05, 4.69) is 54.5 Å². The van der Waals surface area contributed by atoms with Gasteiger partial charge in [-0.3, -0.25) is 9.69 Å². The molecule has 1 N–H and O–H groups in total. The fourth-order valence-electron chi connectivity index (χ4n) is 4.43. The molecule has 1 aliphatic rings. The van der Waals surface area contributed by atoms with Crippen LogP contribution in [0.2, 0.25) is 0 Å². The van der Waals surface area contributed by atoms with Crippen LogP contribution < -0.4 is 5.32 Å². The number of nitrogens with one attached hydrogen (secondary N) is 1. The molecule has 1 saturated heterocycles. The van der Waals surface area contributed by atoms with Crippen molar-refractivity contribution in [2.75, 3.05) is 19.6 Å². The van der Waals surface area contributed by atoms with Gasteiger partial charge in [-0.05, 0) is 57.4 Å². The van der Waals surface area contributed by atoms with E-state index in [-0.39, 0.29) is 5.91 Å². The number of hydrogen-bond acceptors (Lipinski definition) is 3. The van der Waals surface area contributed by atoms with E-state index >= 15 is 0 Å². The summed E-state index contributed by atoms with van der Waals surface area (Å²) in [5.41, 5.74) is 5.37. The predicted octanol–water partition coefficient (Wildman–Crippen LogP) is 4.77. The third-order valence-corrected chi connectivity index (χ3v) is 6.42. The molecule has 3 aromatic rings. The molecule has 2 aromatic carbocycles. The zero-order valence-electron chi connectivity index (χ0n) is 19.3. The van der Waals surface area contributed by atoms with Gasteiger partial charge in [-0.25, -0.2) is 4.68 Å². The van der Waals surface area contributed by atoms with Crippen LogP contribution in [0.1, 0.15) is 43.7 Å². The third kappa shape index (κ3) is 5.65. The van der Waals surface area contributed by atoms with Gasteiger partial charge in [0.1, 0.15) is 0 Å². The van der Waals surface area contributed by atoms with Crippen LogP contribution in [-0.2, 0) is 11.2 Å². The first-order valence-corrected chi connectivity index (χ1v) is 11.8. The molecule has 1 atom stereocenters. The largest absolute Gasteiger partial charge is 0.355 e. The summed E-state index contributed by atoms with van der Waals surface area (Å²) in [5.74, 6) is 0.108. The number of amides is 1. The molecule has 0 aliphatic carbocycles. The minimum atomic E-state index is 0.108. The van der Waals surface area contributed by atoms with Gasteiger partial charge in [0.05, 0.1) is 11.4 Å². The maximum Gasteiger partial charge on any atom is 0.220 e. The van der Waals surface area contributed by atoms with Crippen LogP contribution in [0.5, 0.6) is 0 Å². The van der Waals surface area contributed by atoms with E-state index in [0.29, 0.717) is 18.9 Å². The van der Waals surface area contributed by atoms with E-state index in [9.17, 15) is 4.79 Å². The maximum atomic E-state index is 12.6. The molecular formula is C27H34N4O. The van der Waals surface area contributed by atoms with Crippen LogP contribution in [0.15, 0.2) is 60.8 Å². The smallest absolute Gasteiger partial charge is 0.220 e. The van der Waals surface area contributed by atoms with Crippen LogP contribution in [0, 0.1) is 6.92 Å². The molecule has 1 fully saturated rings. The number of nitrogens with zero attached hydrogens (tertiary/aromatic N) is 3. The number of aryl methyl sites for hydroxylation is 2. The molecule has 4 rings (SSSR count). The minimum Gasteiger partial charge on any atom is -0.355 e. The van der Waals surface area contributed by atoms with Crippen LogP contribution in [-0.4, -0.2) is 46.3 Å². The highest BCUT2D eigenvalue weighted by molar-refractivity contribution is 5.76. The van der Waals surface area contributed by atoms with E-state index in [1.807, 2.05) is 35.0 Å². The van der Waals surface area contributed by atoms with Gasteiger partial charge in [-0.15, -0.1) is 0 Å². The normalized spacial score (nSPS) is 16.8. The molecule has 0 bridgehead atoms. The highest BCUT2D eigenvalue weighted by atomic mass is 16.1. The Labute approximate surface area is 191 Å². The molecule has 5 nitrogen and oxygen atoms in total. The fraction of sp³-hybridized carbons (Fsp3) is 0.407. The van der Waals surface area contributed by atoms with Crippen LogP contribution in [0.4, 0.5) is 0 Å². The highest BCUT2D eigenvalue weighted by Crippen LogP contribution is 2.25. The third-order valence-electron chi connectivity index (χ3n) is 6.42. The van der Waals surface area contributed by atoms with Crippen molar-refractivity contribution < 1.29 is 4.79 Å². The Morgan fingerprint density at radius 1 is 1.09 bits per heavy atom. The Hall–Kier alpha value is -2.92. The first kappa shape index (κ1) is 22.3. The van der Waals surface area contributed by atoms with Gasteiger partial charge >= 0.3 is 0 Å². The zero-order chi connectivity index (χ0) is 22.3. The molecule has 1 aliphatic heterocycles. The standard InChI is InChI=1S/C27H34N4O/c1-21-11-13-23(14-12-21)27-24(20-31(29-27)25-9-4-3-5-10-25)15-16-26(32)28-17-19-30-18-7-6-8-22(30)2/h3-5,9-14,20,22H,6-8,15-19H2,1-2H3,(H,28,32). The van der Waals surface area contributed by atoms with E-state index in [4.69, 9.17) is 5.10 Å². The van der Waals surface area contributed by atoms with Crippen molar-refractivity contribution in [3.8, 4) is 16.9 Å². The summed E-state index contributed by atoms with van der Waals surface area (Å²) in [7, 11) is 0. The van der Waals surface area contributed by atoms with Crippen molar-refractivity contribution >= 4 is 5.91 Å². The van der Waals surface area contributed by atoms with Gasteiger partial charge in [0.2, 0.25) is 5.91 Å². The molecule has 0 saturated carbocycles. The first-order valence-electron chi connectivity index (χ1n) is 11.8. The minimum absolute atomic E-state index is 0.108. The monoisotopic (exact) mass is 430 g/mol. The Morgan fingerprint density at radius 2 is 1.88 bits per heavy atom. The summed E-state index contributed by atoms with van der Waals surface area (Å²) in [6, 6.07) is 19.2. The lowest BCUT2D eigenvalue weighted by Gasteiger charge is -2.33. The molecule has 2 heterocycles. The Kier molecular flexibility index (Phi) is 7.38. The summed E-state index contributed by atoms with van der Waals surface area (Å²) in [4.78, 5) is 15.0. The summed E-state index contributed by atoms with van der Waals surface area (Å²) < 4.78 is 1.92. The Balaban J connectivity index is 1.41. The quantitative estimate of drug-likeness (QED) is 0.560. The SMILES string of the molecule is Cc1ccc(-c2nn(-c3ccccc3)cc2CCC(=O)NCCN2CCCCC2C)cc1. The fourth-order valence-corrected chi connectivity index (χ4v) is 4.43. The summed E-state index contributed by atoms with van der Waals surface area (Å²) >= 11 is 0. The van der Waals surface area contributed by atoms with E-state index in [1.165, 1.54) is 24.8 Å². The zero-order valence-corrected chi connectivity index (χ0v) is 19.3. The topological polar surface area (TPSA) is 50.2 Å². The number of likely N-dealkylation sites (tertiary alicyclic amines) is 1. The summed E-state index contributed by atoms with van der Waals surface area (Å²) in [6.45, 7) is 7.18. The van der Waals surface area contributed by atoms with Crippen molar-refractivity contribution in [2.45, 2.75) is 52.0 Å². The maximum absolute atomic E-state index is 12.6. The number of piperidine rings is 1. The van der Waals surface area contributed by atoms with Crippen molar-refractivity contribution in [1.29, 1.82) is 0 Å². The van der Waals surface area contributed by atoms with Crippen molar-refractivity contribution in [2.24, 2.45) is 0 Å². The lowest BCUT2D eigenvalue weighted by atomic mass is 10.0. The van der Waals surface area contributed by atoms with Crippen molar-refractivity contribution in [1.82, 2.24) is 20.0 Å². The number of rotatable bonds is 8. The predicted molar refractivity (Wildman–Crippen MR) is 130 cm³/mol. The number of carbonyl (C=O) groups excluding carboxylic acids is 1. The molecule has 5 heteroatoms. The molecule has 1 amide bonds. The number of carbonyl (C=O) groups is 1. The molecule has 1 aromatic heterocycles. The summed E-state index contributed by atoms with van der Waals surface area (Å²) in [5, 5.41) is 7.99. The van der Waals surface area contributed by atoms with Gasteiger partial charge < -0.3 is 5.32 Å². The van der Waals surface area contributed by atoms with Gasteiger partial charge in [0.25, 0.3) is 0 Å². The molecule has 0 spiro atoms. The average molecular weight is 431 g/mol. The van der Waals surface area contributed by atoms with Crippen LogP contribution in [0.25, 0.3) is 16.9 Å². The van der Waals surface area contributed by atoms with Crippen molar-refractivity contribution in [3.05, 3.63) is 71.9 Å². The van der Waals surface area contributed by atoms with Gasteiger partial charge in [0, 0.05) is 37.3 Å². The molecule has 1 unspecified atom stereocenters. The second-order valence-electron chi connectivity index (χ2n) is 8.88. The van der Waals surface area contributed by atoms with E-state index in [1.54, 1.807) is 0 Å². The second-order valence-corrected chi connectivity index (χ2v) is 8.88. The average Bonchev–Trinajstić information content (AvgIpc) is 3.24. The molecule has 168 valence electrons. The Morgan fingerprint density at radius 3 is 2.62 bits per heavy atom. The Bertz CT molecular complexity index is 1010. The number of aromatic nitrogens is 2. The second kappa shape index (κ2) is 10.6. The lowest BCUT2D eigenvalue weighted by molar-refractivity contribution is -0.121. The molecule has 32 heavy (non-hydrogen) atoms. The van der Waals surface area contributed by atoms with Gasteiger partial charge in [-0.1, -0.05) is 54.4 Å². The van der Waals surface area contributed by atoms with Gasteiger partial charge in [0.15, 0.2) is 0 Å². The summed E-state index contributed by atoms with van der Waals surface area (Å²) in [6.07, 6.45) is 7.06. The van der Waals surface area contributed by atoms with Crippen LogP contribution in [0.3, 0.4) is 0 Å². The number of hydrogen-bond donors (Lipinski definition) is 1. The molecular weight excluding hydrogens is 396 g/mol. The van der Waals surface area contributed by atoms with E-state index in [0.717, 1.165) is 42.1 Å².